The summed E-state index contributed by atoms with van der Waals surface area (Å²) in [5, 5.41) is 13.6. The van der Waals surface area contributed by atoms with Gasteiger partial charge in [-0.2, -0.15) is 0 Å². The smallest absolute Gasteiger partial charge is 0.123 e. The maximum Gasteiger partial charge on any atom is 0.123 e. The average Bonchev–Trinajstić information content (AvgIpc) is 2.74. The molecule has 2 N–H and O–H groups in total. The van der Waals surface area contributed by atoms with E-state index >= 15 is 0 Å². The second kappa shape index (κ2) is 4.67. The van der Waals surface area contributed by atoms with E-state index in [-0.39, 0.29) is 0 Å². The van der Waals surface area contributed by atoms with Crippen LogP contribution < -0.4 is 5.32 Å². The molecule has 0 spiro atoms. The minimum absolute atomic E-state index is 0.363. The second-order valence-electron chi connectivity index (χ2n) is 4.25. The zero-order valence-electron chi connectivity index (χ0n) is 9.29. The van der Waals surface area contributed by atoms with E-state index in [9.17, 15) is 5.11 Å². The lowest BCUT2D eigenvalue weighted by Crippen LogP contribution is -2.13. The number of nitrogens with one attached hydrogen (secondary N) is 1. The van der Waals surface area contributed by atoms with Crippen LogP contribution in [0.15, 0.2) is 18.2 Å². The average molecular weight is 205 g/mol. The number of para-hydroxylation sites is 1. The molecule has 0 radical (unpaired) electrons. The van der Waals surface area contributed by atoms with Crippen LogP contribution in [0.1, 0.15) is 43.4 Å². The molecule has 15 heavy (non-hydrogen) atoms. The predicted octanol–water partition coefficient (Wildman–Crippen LogP) is 2.77. The number of phenols is 1. The van der Waals surface area contributed by atoms with Crippen LogP contribution in [-0.4, -0.2) is 11.7 Å². The number of hydrogen-bond acceptors (Lipinski definition) is 2. The molecule has 2 heteroatoms. The van der Waals surface area contributed by atoms with Crippen LogP contribution in [-0.2, 0) is 6.42 Å². The monoisotopic (exact) mass is 205 g/mol. The van der Waals surface area contributed by atoms with Gasteiger partial charge in [0.05, 0.1) is 0 Å². The van der Waals surface area contributed by atoms with Crippen LogP contribution in [0.3, 0.4) is 0 Å². The Kier molecular flexibility index (Phi) is 3.27. The summed E-state index contributed by atoms with van der Waals surface area (Å²) in [4.78, 5) is 0. The van der Waals surface area contributed by atoms with Crippen LogP contribution in [0.25, 0.3) is 0 Å². The Hall–Kier alpha value is -1.02. The summed E-state index contributed by atoms with van der Waals surface area (Å²) < 4.78 is 0. The van der Waals surface area contributed by atoms with E-state index in [1.165, 1.54) is 6.42 Å². The molecule has 1 saturated heterocycles. The van der Waals surface area contributed by atoms with Gasteiger partial charge in [-0.05, 0) is 31.4 Å². The highest BCUT2D eigenvalue weighted by molar-refractivity contribution is 5.42. The predicted molar refractivity (Wildman–Crippen MR) is 62.1 cm³/mol. The third kappa shape index (κ3) is 2.15. The van der Waals surface area contributed by atoms with Crippen molar-refractivity contribution >= 4 is 0 Å². The zero-order valence-corrected chi connectivity index (χ0v) is 9.29. The quantitative estimate of drug-likeness (QED) is 0.795. The Balaban J connectivity index is 2.26. The summed E-state index contributed by atoms with van der Waals surface area (Å²) in [5.41, 5.74) is 2.17. The van der Waals surface area contributed by atoms with Gasteiger partial charge in [-0.15, -0.1) is 0 Å². The van der Waals surface area contributed by atoms with Crippen molar-refractivity contribution in [2.75, 3.05) is 6.54 Å². The molecule has 0 bridgehead atoms. The minimum atomic E-state index is 0.363. The van der Waals surface area contributed by atoms with E-state index in [4.69, 9.17) is 0 Å². The van der Waals surface area contributed by atoms with Gasteiger partial charge in [-0.3, -0.25) is 0 Å². The van der Waals surface area contributed by atoms with E-state index < -0.39 is 0 Å². The lowest BCUT2D eigenvalue weighted by molar-refractivity contribution is 0.449. The highest BCUT2D eigenvalue weighted by atomic mass is 16.3. The van der Waals surface area contributed by atoms with Crippen LogP contribution in [0.5, 0.6) is 5.75 Å². The molecule has 1 fully saturated rings. The summed E-state index contributed by atoms with van der Waals surface area (Å²) in [5.74, 6) is 0.513. The first-order valence-electron chi connectivity index (χ1n) is 5.87. The number of phenolic OH excluding ortho intramolecular Hbond substituents is 1. The van der Waals surface area contributed by atoms with E-state index in [0.717, 1.165) is 36.9 Å². The van der Waals surface area contributed by atoms with Gasteiger partial charge in [0.1, 0.15) is 5.75 Å². The normalized spacial score (nSPS) is 20.7. The summed E-state index contributed by atoms with van der Waals surface area (Å²) in [6.45, 7) is 3.21. The molecule has 1 aromatic rings. The Labute approximate surface area is 91.3 Å². The van der Waals surface area contributed by atoms with Crippen molar-refractivity contribution in [3.63, 3.8) is 0 Å². The third-order valence-corrected chi connectivity index (χ3v) is 3.11. The standard InChI is InChI=1S/C13H19NO/c1-2-5-10-6-3-7-11(13(10)15)12-8-4-9-14-12/h3,6-7,12,14-15H,2,4-5,8-9H2,1H3/t12-/m0/s1. The molecule has 0 aromatic heterocycles. The van der Waals surface area contributed by atoms with Crippen molar-refractivity contribution in [2.45, 2.75) is 38.6 Å². The number of rotatable bonds is 3. The second-order valence-corrected chi connectivity index (χ2v) is 4.25. The molecular weight excluding hydrogens is 186 g/mol. The van der Waals surface area contributed by atoms with Gasteiger partial charge < -0.3 is 10.4 Å². The molecule has 0 aliphatic carbocycles. The summed E-state index contributed by atoms with van der Waals surface area (Å²) in [6, 6.07) is 6.48. The molecule has 0 unspecified atom stereocenters. The molecule has 2 rings (SSSR count). The highest BCUT2D eigenvalue weighted by Gasteiger charge is 2.20. The highest BCUT2D eigenvalue weighted by Crippen LogP contribution is 2.32. The van der Waals surface area contributed by atoms with Crippen LogP contribution in [0.4, 0.5) is 0 Å². The molecule has 0 saturated carbocycles. The Bertz CT molecular complexity index is 329. The van der Waals surface area contributed by atoms with Gasteiger partial charge in [0.15, 0.2) is 0 Å². The van der Waals surface area contributed by atoms with Gasteiger partial charge >= 0.3 is 0 Å². The van der Waals surface area contributed by atoms with Crippen LogP contribution >= 0.6 is 0 Å². The first kappa shape index (κ1) is 10.5. The Morgan fingerprint density at radius 2 is 2.33 bits per heavy atom. The molecule has 1 heterocycles. The zero-order chi connectivity index (χ0) is 10.7. The molecule has 1 aromatic carbocycles. The number of aromatic hydroxyl groups is 1. The maximum atomic E-state index is 10.1. The van der Waals surface area contributed by atoms with Crippen LogP contribution in [0.2, 0.25) is 0 Å². The molecule has 1 aliphatic rings. The van der Waals surface area contributed by atoms with E-state index in [1.807, 2.05) is 12.1 Å². The fourth-order valence-corrected chi connectivity index (χ4v) is 2.31. The van der Waals surface area contributed by atoms with Crippen molar-refractivity contribution in [3.8, 4) is 5.75 Å². The van der Waals surface area contributed by atoms with Gasteiger partial charge in [-0.1, -0.05) is 31.5 Å². The number of aryl methyl sites for hydroxylation is 1. The SMILES string of the molecule is CCCc1cccc([C@@H]2CCCN2)c1O. The van der Waals surface area contributed by atoms with Gasteiger partial charge in [0.2, 0.25) is 0 Å². The Morgan fingerprint density at radius 3 is 3.00 bits per heavy atom. The van der Waals surface area contributed by atoms with Gasteiger partial charge in [0, 0.05) is 11.6 Å². The molecule has 2 nitrogen and oxygen atoms in total. The van der Waals surface area contributed by atoms with E-state index in [2.05, 4.69) is 18.3 Å². The summed E-state index contributed by atoms with van der Waals surface area (Å²) in [6.07, 6.45) is 4.40. The molecule has 1 atom stereocenters. The lowest BCUT2D eigenvalue weighted by Gasteiger charge is -2.14. The third-order valence-electron chi connectivity index (χ3n) is 3.11. The Morgan fingerprint density at radius 1 is 1.47 bits per heavy atom. The van der Waals surface area contributed by atoms with Crippen molar-refractivity contribution in [1.82, 2.24) is 5.32 Å². The molecular formula is C13H19NO. The van der Waals surface area contributed by atoms with E-state index in [0.29, 0.717) is 11.8 Å². The fourth-order valence-electron chi connectivity index (χ4n) is 2.31. The van der Waals surface area contributed by atoms with Gasteiger partial charge in [0.25, 0.3) is 0 Å². The van der Waals surface area contributed by atoms with Crippen molar-refractivity contribution in [1.29, 1.82) is 0 Å². The van der Waals surface area contributed by atoms with Crippen molar-refractivity contribution in [3.05, 3.63) is 29.3 Å². The largest absolute Gasteiger partial charge is 0.507 e. The number of benzene rings is 1. The van der Waals surface area contributed by atoms with Crippen molar-refractivity contribution < 1.29 is 5.11 Å². The van der Waals surface area contributed by atoms with Crippen LogP contribution in [0, 0.1) is 0 Å². The maximum absolute atomic E-state index is 10.1. The first-order chi connectivity index (χ1) is 7.33. The fraction of sp³-hybridized carbons (Fsp3) is 0.538. The van der Waals surface area contributed by atoms with E-state index in [1.54, 1.807) is 0 Å². The molecule has 1 aliphatic heterocycles. The van der Waals surface area contributed by atoms with Gasteiger partial charge in [-0.25, -0.2) is 0 Å². The molecule has 82 valence electrons. The summed E-state index contributed by atoms with van der Waals surface area (Å²) >= 11 is 0. The number of hydrogen-bond donors (Lipinski definition) is 2. The lowest BCUT2D eigenvalue weighted by atomic mass is 9.99. The minimum Gasteiger partial charge on any atom is -0.507 e. The molecule has 0 amide bonds. The van der Waals surface area contributed by atoms with Crippen molar-refractivity contribution in [2.24, 2.45) is 0 Å². The summed E-state index contributed by atoms with van der Waals surface area (Å²) in [7, 11) is 0. The topological polar surface area (TPSA) is 32.3 Å². The first-order valence-corrected chi connectivity index (χ1v) is 5.87.